The number of carbonyl (C=O) groups is 1. The number of benzene rings is 2. The van der Waals surface area contributed by atoms with Crippen molar-refractivity contribution in [2.45, 2.75) is 0 Å². The van der Waals surface area contributed by atoms with Crippen LogP contribution in [0.5, 0.6) is 17.2 Å². The molecule has 0 aliphatic heterocycles. The highest BCUT2D eigenvalue weighted by molar-refractivity contribution is 9.10. The van der Waals surface area contributed by atoms with Gasteiger partial charge in [0.25, 0.3) is 5.91 Å². The zero-order valence-corrected chi connectivity index (χ0v) is 14.2. The minimum absolute atomic E-state index is 0.0813. The standard InChI is InChI=1S/C15H12BrClN2O4/c1-23-13-5-8(4-11(17)14(13)21)7-18-19-15(22)10-6-9(16)2-3-12(10)20/h2-7,20-21H,1H3,(H,19,22)/b18-7+. The molecule has 0 unspecified atom stereocenters. The third-order valence-electron chi connectivity index (χ3n) is 2.85. The van der Waals surface area contributed by atoms with Crippen LogP contribution in [0.4, 0.5) is 0 Å². The van der Waals surface area contributed by atoms with Gasteiger partial charge in [0.1, 0.15) is 5.75 Å². The zero-order chi connectivity index (χ0) is 17.0. The first-order valence-electron chi connectivity index (χ1n) is 6.30. The first kappa shape index (κ1) is 17.1. The van der Waals surface area contributed by atoms with Gasteiger partial charge in [-0.1, -0.05) is 27.5 Å². The Hall–Kier alpha value is -2.25. The number of hydrogen-bond donors (Lipinski definition) is 3. The number of phenolic OH excluding ortho intramolecular Hbond substituents is 2. The Bertz CT molecular complexity index is 780. The number of hydrogen-bond acceptors (Lipinski definition) is 5. The molecule has 0 fully saturated rings. The SMILES string of the molecule is COc1cc(/C=N/NC(=O)c2cc(Br)ccc2O)cc(Cl)c1O. The Kier molecular flexibility index (Phi) is 5.46. The summed E-state index contributed by atoms with van der Waals surface area (Å²) in [7, 11) is 1.39. The topological polar surface area (TPSA) is 91.2 Å². The molecule has 2 rings (SSSR count). The van der Waals surface area contributed by atoms with Gasteiger partial charge in [-0.05, 0) is 35.9 Å². The van der Waals surface area contributed by atoms with E-state index in [9.17, 15) is 15.0 Å². The van der Waals surface area contributed by atoms with E-state index in [1.807, 2.05) is 0 Å². The maximum atomic E-state index is 12.0. The molecule has 0 saturated heterocycles. The van der Waals surface area contributed by atoms with Crippen molar-refractivity contribution in [1.29, 1.82) is 0 Å². The number of methoxy groups -OCH3 is 1. The van der Waals surface area contributed by atoms with Crippen molar-refractivity contribution in [3.63, 3.8) is 0 Å². The van der Waals surface area contributed by atoms with E-state index in [4.69, 9.17) is 16.3 Å². The summed E-state index contributed by atoms with van der Waals surface area (Å²) < 4.78 is 5.62. The summed E-state index contributed by atoms with van der Waals surface area (Å²) in [5.74, 6) is -0.712. The van der Waals surface area contributed by atoms with Crippen molar-refractivity contribution in [2.75, 3.05) is 7.11 Å². The van der Waals surface area contributed by atoms with Crippen LogP contribution in [-0.4, -0.2) is 29.4 Å². The minimum Gasteiger partial charge on any atom is -0.507 e. The molecule has 0 radical (unpaired) electrons. The highest BCUT2D eigenvalue weighted by Crippen LogP contribution is 2.34. The van der Waals surface area contributed by atoms with Crippen LogP contribution in [0, 0.1) is 0 Å². The highest BCUT2D eigenvalue weighted by Gasteiger charge is 2.11. The monoisotopic (exact) mass is 398 g/mol. The van der Waals surface area contributed by atoms with Crippen LogP contribution in [0.25, 0.3) is 0 Å². The van der Waals surface area contributed by atoms with Crippen molar-refractivity contribution in [2.24, 2.45) is 5.10 Å². The van der Waals surface area contributed by atoms with Crippen LogP contribution in [0.3, 0.4) is 0 Å². The molecule has 1 amide bonds. The third-order valence-corrected chi connectivity index (χ3v) is 3.63. The fourth-order valence-corrected chi connectivity index (χ4v) is 2.32. The molecule has 120 valence electrons. The summed E-state index contributed by atoms with van der Waals surface area (Å²) in [5, 5.41) is 23.2. The maximum Gasteiger partial charge on any atom is 0.275 e. The molecule has 0 spiro atoms. The number of rotatable bonds is 4. The number of aromatic hydroxyl groups is 2. The lowest BCUT2D eigenvalue weighted by atomic mass is 10.2. The normalized spacial score (nSPS) is 10.7. The lowest BCUT2D eigenvalue weighted by Crippen LogP contribution is -2.17. The number of phenols is 2. The first-order valence-corrected chi connectivity index (χ1v) is 7.48. The molecule has 8 heteroatoms. The largest absolute Gasteiger partial charge is 0.507 e. The Morgan fingerprint density at radius 1 is 1.35 bits per heavy atom. The van der Waals surface area contributed by atoms with Crippen LogP contribution in [0.1, 0.15) is 15.9 Å². The molecule has 0 aromatic heterocycles. The Morgan fingerprint density at radius 3 is 2.78 bits per heavy atom. The van der Waals surface area contributed by atoms with Crippen molar-refractivity contribution >= 4 is 39.7 Å². The number of amides is 1. The molecule has 0 aliphatic rings. The van der Waals surface area contributed by atoms with Crippen LogP contribution in [0.15, 0.2) is 39.9 Å². The van der Waals surface area contributed by atoms with Gasteiger partial charge in [0.2, 0.25) is 0 Å². The lowest BCUT2D eigenvalue weighted by molar-refractivity contribution is 0.0952. The van der Waals surface area contributed by atoms with Crippen LogP contribution in [-0.2, 0) is 0 Å². The molecular formula is C15H12BrClN2O4. The van der Waals surface area contributed by atoms with Gasteiger partial charge in [0.15, 0.2) is 11.5 Å². The van der Waals surface area contributed by atoms with E-state index >= 15 is 0 Å². The number of ether oxygens (including phenoxy) is 1. The van der Waals surface area contributed by atoms with Gasteiger partial charge in [-0.25, -0.2) is 5.43 Å². The molecule has 3 N–H and O–H groups in total. The van der Waals surface area contributed by atoms with E-state index < -0.39 is 5.91 Å². The summed E-state index contributed by atoms with van der Waals surface area (Å²) in [6.07, 6.45) is 1.33. The van der Waals surface area contributed by atoms with Crippen molar-refractivity contribution in [3.8, 4) is 17.2 Å². The average Bonchev–Trinajstić information content (AvgIpc) is 2.52. The number of carbonyl (C=O) groups excluding carboxylic acids is 1. The molecule has 0 saturated carbocycles. The maximum absolute atomic E-state index is 12.0. The van der Waals surface area contributed by atoms with Gasteiger partial charge in [0.05, 0.1) is 23.9 Å². The first-order chi connectivity index (χ1) is 10.9. The van der Waals surface area contributed by atoms with Gasteiger partial charge in [-0.15, -0.1) is 0 Å². The van der Waals surface area contributed by atoms with Crippen molar-refractivity contribution < 1.29 is 19.7 Å². The summed E-state index contributed by atoms with van der Waals surface area (Å²) in [5.41, 5.74) is 2.89. The Balaban J connectivity index is 2.14. The summed E-state index contributed by atoms with van der Waals surface area (Å²) in [6, 6.07) is 7.45. The second kappa shape index (κ2) is 7.34. The second-order valence-corrected chi connectivity index (χ2v) is 5.74. The van der Waals surface area contributed by atoms with Gasteiger partial charge >= 0.3 is 0 Å². The van der Waals surface area contributed by atoms with Crippen molar-refractivity contribution in [3.05, 3.63) is 51.0 Å². The third kappa shape index (κ3) is 4.14. The molecular weight excluding hydrogens is 388 g/mol. The number of nitrogens with one attached hydrogen (secondary N) is 1. The minimum atomic E-state index is -0.572. The predicted octanol–water partition coefficient (Wildman–Crippen LogP) is 3.29. The summed E-state index contributed by atoms with van der Waals surface area (Å²) in [4.78, 5) is 12.0. The lowest BCUT2D eigenvalue weighted by Gasteiger charge is -2.06. The van der Waals surface area contributed by atoms with Crippen molar-refractivity contribution in [1.82, 2.24) is 5.43 Å². The molecule has 2 aromatic carbocycles. The van der Waals surface area contributed by atoms with E-state index in [0.29, 0.717) is 10.0 Å². The summed E-state index contributed by atoms with van der Waals surface area (Å²) >= 11 is 9.07. The van der Waals surface area contributed by atoms with E-state index in [0.717, 1.165) is 0 Å². The Labute approximate surface area is 145 Å². The number of nitrogens with zero attached hydrogens (tertiary/aromatic N) is 1. The number of hydrazone groups is 1. The van der Waals surface area contributed by atoms with E-state index in [-0.39, 0.29) is 27.8 Å². The van der Waals surface area contributed by atoms with Gasteiger partial charge in [-0.2, -0.15) is 5.10 Å². The molecule has 6 nitrogen and oxygen atoms in total. The van der Waals surface area contributed by atoms with E-state index in [1.165, 1.54) is 37.6 Å². The van der Waals surface area contributed by atoms with Gasteiger partial charge in [0, 0.05) is 4.47 Å². The smallest absolute Gasteiger partial charge is 0.275 e. The number of halogens is 2. The molecule has 0 heterocycles. The zero-order valence-electron chi connectivity index (χ0n) is 11.9. The molecule has 0 aliphatic carbocycles. The molecule has 2 aromatic rings. The quantitative estimate of drug-likeness (QED) is 0.543. The average molecular weight is 400 g/mol. The van der Waals surface area contributed by atoms with Gasteiger partial charge < -0.3 is 14.9 Å². The fourth-order valence-electron chi connectivity index (χ4n) is 1.74. The predicted molar refractivity (Wildman–Crippen MR) is 90.5 cm³/mol. The molecule has 0 bridgehead atoms. The van der Waals surface area contributed by atoms with Crippen LogP contribution in [0.2, 0.25) is 5.02 Å². The van der Waals surface area contributed by atoms with Crippen LogP contribution < -0.4 is 10.2 Å². The highest BCUT2D eigenvalue weighted by atomic mass is 79.9. The van der Waals surface area contributed by atoms with Gasteiger partial charge in [-0.3, -0.25) is 4.79 Å². The molecule has 0 atom stereocenters. The fraction of sp³-hybridized carbons (Fsp3) is 0.0667. The second-order valence-electron chi connectivity index (χ2n) is 4.41. The van der Waals surface area contributed by atoms with E-state index in [2.05, 4.69) is 26.5 Å². The van der Waals surface area contributed by atoms with Crippen LogP contribution >= 0.6 is 27.5 Å². The molecule has 23 heavy (non-hydrogen) atoms. The van der Waals surface area contributed by atoms with E-state index in [1.54, 1.807) is 6.07 Å². The Morgan fingerprint density at radius 2 is 2.09 bits per heavy atom. The summed E-state index contributed by atoms with van der Waals surface area (Å²) in [6.45, 7) is 0.